The van der Waals surface area contributed by atoms with Crippen LogP contribution in [0.25, 0.3) is 5.57 Å². The summed E-state index contributed by atoms with van der Waals surface area (Å²) >= 11 is 0. The summed E-state index contributed by atoms with van der Waals surface area (Å²) in [4.78, 5) is 12.4. The van der Waals surface area contributed by atoms with E-state index in [1.54, 1.807) is 13.0 Å². The summed E-state index contributed by atoms with van der Waals surface area (Å²) in [7, 11) is -1.35. The predicted octanol–water partition coefficient (Wildman–Crippen LogP) is 3.52. The summed E-state index contributed by atoms with van der Waals surface area (Å²) in [6.45, 7) is 3.18. The van der Waals surface area contributed by atoms with E-state index in [9.17, 15) is 22.0 Å². The van der Waals surface area contributed by atoms with Crippen molar-refractivity contribution in [2.24, 2.45) is 0 Å². The molecule has 0 saturated heterocycles. The molecule has 0 aromatic heterocycles. The second-order valence-electron chi connectivity index (χ2n) is 6.43. The Morgan fingerprint density at radius 1 is 1.07 bits per heavy atom. The summed E-state index contributed by atoms with van der Waals surface area (Å²) in [6, 6.07) is 5.87. The zero-order valence-corrected chi connectivity index (χ0v) is 17.6. The molecule has 2 aromatic carbocycles. The molecule has 0 atom stereocenters. The van der Waals surface area contributed by atoms with Gasteiger partial charge in [0.25, 0.3) is 15.9 Å². The zero-order chi connectivity index (χ0) is 22.2. The standard InChI is InChI=1S/C20H20F2N2O5S/c1-5-24-16-10-18(29-4)17(28-3)9-13(16)11(2)19(30(24,26)27)20(25)23-12-6-7-14(21)15(22)8-12/h6-10H,5H2,1-4H3,(H,23,25). The Labute approximate surface area is 173 Å². The number of ether oxygens (including phenoxy) is 2. The van der Waals surface area contributed by atoms with Gasteiger partial charge in [-0.15, -0.1) is 0 Å². The van der Waals surface area contributed by atoms with Crippen LogP contribution in [0.5, 0.6) is 11.5 Å². The molecule has 0 unspecified atom stereocenters. The van der Waals surface area contributed by atoms with Crippen LogP contribution in [-0.4, -0.2) is 35.1 Å². The molecular weight excluding hydrogens is 418 g/mol. The van der Waals surface area contributed by atoms with Gasteiger partial charge in [-0.3, -0.25) is 9.10 Å². The van der Waals surface area contributed by atoms with E-state index in [-0.39, 0.29) is 17.8 Å². The second-order valence-corrected chi connectivity index (χ2v) is 8.23. The Kier molecular flexibility index (Phi) is 5.71. The van der Waals surface area contributed by atoms with Gasteiger partial charge in [-0.05, 0) is 37.6 Å². The number of carbonyl (C=O) groups is 1. The predicted molar refractivity (Wildman–Crippen MR) is 109 cm³/mol. The van der Waals surface area contributed by atoms with Crippen LogP contribution in [0.15, 0.2) is 35.2 Å². The molecule has 3 rings (SSSR count). The summed E-state index contributed by atoms with van der Waals surface area (Å²) in [5.74, 6) is -2.50. The van der Waals surface area contributed by atoms with Crippen molar-refractivity contribution in [1.29, 1.82) is 0 Å². The molecule has 1 heterocycles. The number of fused-ring (bicyclic) bond motifs is 1. The Bertz CT molecular complexity index is 1160. The minimum Gasteiger partial charge on any atom is -0.493 e. The van der Waals surface area contributed by atoms with Gasteiger partial charge in [-0.25, -0.2) is 17.2 Å². The average molecular weight is 438 g/mol. The Balaban J connectivity index is 2.17. The number of nitrogens with zero attached hydrogens (tertiary/aromatic N) is 1. The number of rotatable bonds is 5. The highest BCUT2D eigenvalue weighted by Gasteiger charge is 2.39. The van der Waals surface area contributed by atoms with E-state index in [2.05, 4.69) is 5.32 Å². The third-order valence-corrected chi connectivity index (χ3v) is 6.78. The molecule has 1 aliphatic rings. The topological polar surface area (TPSA) is 84.9 Å². The van der Waals surface area contributed by atoms with Crippen molar-refractivity contribution >= 4 is 32.9 Å². The van der Waals surface area contributed by atoms with Crippen molar-refractivity contribution in [3.63, 3.8) is 0 Å². The molecule has 1 aliphatic heterocycles. The molecule has 1 N–H and O–H groups in total. The van der Waals surface area contributed by atoms with Crippen LogP contribution < -0.4 is 19.1 Å². The first-order valence-corrected chi connectivity index (χ1v) is 10.4. The molecule has 160 valence electrons. The third-order valence-electron chi connectivity index (χ3n) is 4.73. The number of methoxy groups -OCH3 is 2. The Morgan fingerprint density at radius 2 is 1.70 bits per heavy atom. The molecule has 0 spiro atoms. The second kappa shape index (κ2) is 7.94. The van der Waals surface area contributed by atoms with Crippen molar-refractivity contribution in [2.45, 2.75) is 13.8 Å². The quantitative estimate of drug-likeness (QED) is 0.772. The molecule has 0 bridgehead atoms. The van der Waals surface area contributed by atoms with Gasteiger partial charge in [-0.1, -0.05) is 0 Å². The molecule has 0 radical (unpaired) electrons. The number of anilines is 2. The number of carbonyl (C=O) groups excluding carboxylic acids is 1. The highest BCUT2D eigenvalue weighted by Crippen LogP contribution is 2.44. The minimum absolute atomic E-state index is 0.0556. The lowest BCUT2D eigenvalue weighted by molar-refractivity contribution is -0.112. The first kappa shape index (κ1) is 21.6. The molecule has 2 aromatic rings. The first-order chi connectivity index (χ1) is 14.1. The maximum absolute atomic E-state index is 13.5. The highest BCUT2D eigenvalue weighted by molar-refractivity contribution is 7.97. The Morgan fingerprint density at radius 3 is 2.27 bits per heavy atom. The van der Waals surface area contributed by atoms with Crippen molar-refractivity contribution in [3.8, 4) is 11.5 Å². The lowest BCUT2D eigenvalue weighted by Crippen LogP contribution is -2.39. The largest absolute Gasteiger partial charge is 0.493 e. The maximum Gasteiger partial charge on any atom is 0.270 e. The lowest BCUT2D eigenvalue weighted by atomic mass is 10.0. The van der Waals surface area contributed by atoms with Crippen LogP contribution in [0.4, 0.5) is 20.2 Å². The molecular formula is C20H20F2N2O5S. The van der Waals surface area contributed by atoms with Crippen LogP contribution in [0, 0.1) is 11.6 Å². The molecule has 0 saturated carbocycles. The molecule has 7 nitrogen and oxygen atoms in total. The first-order valence-electron chi connectivity index (χ1n) is 8.92. The minimum atomic E-state index is -4.22. The maximum atomic E-state index is 13.5. The molecule has 10 heteroatoms. The fourth-order valence-electron chi connectivity index (χ4n) is 3.32. The van der Waals surface area contributed by atoms with Crippen molar-refractivity contribution in [1.82, 2.24) is 0 Å². The van der Waals surface area contributed by atoms with E-state index in [0.29, 0.717) is 22.7 Å². The number of nitrogens with one attached hydrogen (secondary N) is 1. The summed E-state index contributed by atoms with van der Waals surface area (Å²) in [5.41, 5.74) is 0.933. The van der Waals surface area contributed by atoms with Crippen LogP contribution in [-0.2, 0) is 14.8 Å². The van der Waals surface area contributed by atoms with Gasteiger partial charge in [0.1, 0.15) is 0 Å². The van der Waals surface area contributed by atoms with Gasteiger partial charge < -0.3 is 14.8 Å². The summed E-state index contributed by atoms with van der Waals surface area (Å²) < 4.78 is 64.7. The molecule has 30 heavy (non-hydrogen) atoms. The van der Waals surface area contributed by atoms with Crippen molar-refractivity contribution in [2.75, 3.05) is 30.4 Å². The van der Waals surface area contributed by atoms with Crippen LogP contribution in [0.3, 0.4) is 0 Å². The van der Waals surface area contributed by atoms with Crippen molar-refractivity contribution in [3.05, 3.63) is 52.4 Å². The van der Waals surface area contributed by atoms with Crippen molar-refractivity contribution < 1.29 is 31.5 Å². The number of hydrogen-bond acceptors (Lipinski definition) is 5. The van der Waals surface area contributed by atoms with Gasteiger partial charge in [0.15, 0.2) is 28.0 Å². The summed E-state index contributed by atoms with van der Waals surface area (Å²) in [5, 5.41) is 2.33. The molecule has 0 fully saturated rings. The van der Waals surface area contributed by atoms with E-state index >= 15 is 0 Å². The Hall–Kier alpha value is -3.14. The van der Waals surface area contributed by atoms with E-state index in [0.717, 1.165) is 22.5 Å². The smallest absolute Gasteiger partial charge is 0.270 e. The number of halogens is 2. The van der Waals surface area contributed by atoms with Crippen LogP contribution in [0.2, 0.25) is 0 Å². The third kappa shape index (κ3) is 3.47. The van der Waals surface area contributed by atoms with Gasteiger partial charge in [-0.2, -0.15) is 0 Å². The molecule has 1 amide bonds. The monoisotopic (exact) mass is 438 g/mol. The highest BCUT2D eigenvalue weighted by atomic mass is 32.2. The number of amides is 1. The van der Waals surface area contributed by atoms with Gasteiger partial charge in [0.05, 0.1) is 19.9 Å². The number of benzene rings is 2. The van der Waals surface area contributed by atoms with E-state index in [1.807, 2.05) is 0 Å². The van der Waals surface area contributed by atoms with Crippen LogP contribution in [0.1, 0.15) is 19.4 Å². The lowest BCUT2D eigenvalue weighted by Gasteiger charge is -2.32. The van der Waals surface area contributed by atoms with E-state index in [1.165, 1.54) is 27.2 Å². The van der Waals surface area contributed by atoms with E-state index < -0.39 is 32.5 Å². The van der Waals surface area contributed by atoms with Crippen LogP contribution >= 0.6 is 0 Å². The number of hydrogen-bond donors (Lipinski definition) is 1. The zero-order valence-electron chi connectivity index (χ0n) is 16.7. The SMILES string of the molecule is CCN1c2cc(OC)c(OC)cc2C(C)=C(C(=O)Nc2ccc(F)c(F)c2)S1(=O)=O. The van der Waals surface area contributed by atoms with Gasteiger partial charge in [0.2, 0.25) is 0 Å². The number of allylic oxidation sites excluding steroid dienone is 1. The number of sulfonamides is 1. The molecule has 0 aliphatic carbocycles. The fourth-order valence-corrected chi connectivity index (χ4v) is 5.07. The van der Waals surface area contributed by atoms with Gasteiger partial charge >= 0.3 is 0 Å². The fraction of sp³-hybridized carbons (Fsp3) is 0.250. The summed E-state index contributed by atoms with van der Waals surface area (Å²) in [6.07, 6.45) is 0. The normalized spacial score (nSPS) is 14.9. The average Bonchev–Trinajstić information content (AvgIpc) is 2.69. The van der Waals surface area contributed by atoms with E-state index in [4.69, 9.17) is 9.47 Å². The van der Waals surface area contributed by atoms with Gasteiger partial charge in [0, 0.05) is 29.9 Å².